The van der Waals surface area contributed by atoms with Crippen molar-refractivity contribution in [2.45, 2.75) is 9.79 Å². The molecule has 0 N–H and O–H groups in total. The van der Waals surface area contributed by atoms with Crippen molar-refractivity contribution in [1.82, 2.24) is 0 Å². The third-order valence-corrected chi connectivity index (χ3v) is 3.84. The van der Waals surface area contributed by atoms with Crippen LogP contribution in [0.25, 0.3) is 0 Å². The molecule has 0 aliphatic rings. The van der Waals surface area contributed by atoms with E-state index in [9.17, 15) is 8.42 Å². The van der Waals surface area contributed by atoms with E-state index in [-0.39, 0.29) is 0 Å². The van der Waals surface area contributed by atoms with Crippen molar-refractivity contribution in [3.05, 3.63) is 60.7 Å². The fraction of sp³-hybridized carbons (Fsp3) is 0. The average molecular weight is 217 g/mol. The Labute approximate surface area is 89.1 Å². The minimum absolute atomic E-state index is 0.299. The molecule has 2 aromatic rings. The van der Waals surface area contributed by atoms with Crippen LogP contribution in [-0.4, -0.2) is 8.42 Å². The Balaban J connectivity index is 2.55. The summed E-state index contributed by atoms with van der Waals surface area (Å²) in [6.07, 6.45) is 0. The molecule has 0 saturated heterocycles. The second-order valence-electron chi connectivity index (χ2n) is 3.05. The average Bonchev–Trinajstić information content (AvgIpc) is 2.31. The fourth-order valence-corrected chi connectivity index (χ4v) is 2.57. The molecule has 0 heterocycles. The molecule has 0 amide bonds. The first-order chi connectivity index (χ1) is 7.21. The van der Waals surface area contributed by atoms with E-state index >= 15 is 0 Å². The van der Waals surface area contributed by atoms with Crippen LogP contribution in [0.5, 0.6) is 0 Å². The molecule has 0 fully saturated rings. The Morgan fingerprint density at radius 2 is 1.33 bits per heavy atom. The lowest BCUT2D eigenvalue weighted by Gasteiger charge is -2.02. The lowest BCUT2D eigenvalue weighted by Crippen LogP contribution is -2.00. The Morgan fingerprint density at radius 1 is 0.800 bits per heavy atom. The van der Waals surface area contributed by atoms with Crippen LogP contribution in [0.3, 0.4) is 0 Å². The van der Waals surface area contributed by atoms with Crippen LogP contribution < -0.4 is 0 Å². The van der Waals surface area contributed by atoms with Crippen LogP contribution in [0.4, 0.5) is 0 Å². The number of sulfone groups is 1. The summed E-state index contributed by atoms with van der Waals surface area (Å²) in [6.45, 7) is 0. The van der Waals surface area contributed by atoms with Gasteiger partial charge in [-0.25, -0.2) is 8.42 Å². The zero-order valence-corrected chi connectivity index (χ0v) is 8.74. The molecular weight excluding hydrogens is 208 g/mol. The normalized spacial score (nSPS) is 11.2. The van der Waals surface area contributed by atoms with Gasteiger partial charge in [-0.2, -0.15) is 0 Å². The molecule has 0 atom stereocenters. The summed E-state index contributed by atoms with van der Waals surface area (Å²) in [5.74, 6) is 0. The predicted octanol–water partition coefficient (Wildman–Crippen LogP) is 2.32. The quantitative estimate of drug-likeness (QED) is 0.773. The molecule has 0 aliphatic carbocycles. The molecule has 0 saturated carbocycles. The van der Waals surface area contributed by atoms with E-state index in [1.165, 1.54) is 0 Å². The van der Waals surface area contributed by atoms with Crippen LogP contribution in [0.15, 0.2) is 64.4 Å². The minimum atomic E-state index is -3.36. The monoisotopic (exact) mass is 217 g/mol. The van der Waals surface area contributed by atoms with Crippen LogP contribution in [0.2, 0.25) is 0 Å². The summed E-state index contributed by atoms with van der Waals surface area (Å²) in [5.41, 5.74) is 0. The fourth-order valence-electron chi connectivity index (χ4n) is 1.29. The molecule has 2 aromatic carbocycles. The van der Waals surface area contributed by atoms with Crippen molar-refractivity contribution in [1.29, 1.82) is 0 Å². The smallest absolute Gasteiger partial charge is 0.206 e. The van der Waals surface area contributed by atoms with Crippen molar-refractivity contribution in [2.24, 2.45) is 0 Å². The van der Waals surface area contributed by atoms with Crippen molar-refractivity contribution >= 4 is 9.84 Å². The maximum Gasteiger partial charge on any atom is 0.206 e. The van der Waals surface area contributed by atoms with Gasteiger partial charge in [0.15, 0.2) is 0 Å². The molecule has 3 heteroatoms. The van der Waals surface area contributed by atoms with E-state index in [2.05, 4.69) is 6.07 Å². The van der Waals surface area contributed by atoms with Crippen molar-refractivity contribution in [2.75, 3.05) is 0 Å². The van der Waals surface area contributed by atoms with Crippen LogP contribution in [0, 0.1) is 6.07 Å². The maximum atomic E-state index is 12.0. The van der Waals surface area contributed by atoms with Gasteiger partial charge in [0.25, 0.3) is 0 Å². The second-order valence-corrected chi connectivity index (χ2v) is 5.00. The molecular formula is C12H9O2S. The number of hydrogen-bond donors (Lipinski definition) is 0. The van der Waals surface area contributed by atoms with Gasteiger partial charge >= 0.3 is 0 Å². The molecule has 75 valence electrons. The van der Waals surface area contributed by atoms with Gasteiger partial charge in [0.05, 0.1) is 9.79 Å². The topological polar surface area (TPSA) is 34.1 Å². The van der Waals surface area contributed by atoms with Gasteiger partial charge in [0, 0.05) is 0 Å². The molecule has 2 nitrogen and oxygen atoms in total. The van der Waals surface area contributed by atoms with E-state index in [4.69, 9.17) is 0 Å². The van der Waals surface area contributed by atoms with E-state index in [0.29, 0.717) is 9.79 Å². The molecule has 0 spiro atoms. The summed E-state index contributed by atoms with van der Waals surface area (Å²) in [4.78, 5) is 0.614. The highest BCUT2D eigenvalue weighted by atomic mass is 32.2. The highest BCUT2D eigenvalue weighted by Crippen LogP contribution is 2.19. The second kappa shape index (κ2) is 3.87. The third kappa shape index (κ3) is 1.92. The zero-order chi connectivity index (χ0) is 10.7. The molecule has 1 radical (unpaired) electrons. The molecule has 0 unspecified atom stereocenters. The highest BCUT2D eigenvalue weighted by Gasteiger charge is 2.15. The SMILES string of the molecule is O=S(=O)(c1cc[c]cc1)c1ccccc1. The van der Waals surface area contributed by atoms with Gasteiger partial charge in [0.2, 0.25) is 9.84 Å². The molecule has 2 rings (SSSR count). The van der Waals surface area contributed by atoms with E-state index in [1.807, 2.05) is 0 Å². The van der Waals surface area contributed by atoms with Crippen molar-refractivity contribution in [3.63, 3.8) is 0 Å². The Morgan fingerprint density at radius 3 is 1.93 bits per heavy atom. The highest BCUT2D eigenvalue weighted by molar-refractivity contribution is 7.91. The minimum Gasteiger partial charge on any atom is -0.219 e. The Bertz CT molecular complexity index is 485. The predicted molar refractivity (Wildman–Crippen MR) is 57.2 cm³/mol. The van der Waals surface area contributed by atoms with Crippen LogP contribution >= 0.6 is 0 Å². The third-order valence-electron chi connectivity index (χ3n) is 2.05. The molecule has 0 bridgehead atoms. The molecule has 15 heavy (non-hydrogen) atoms. The lowest BCUT2D eigenvalue weighted by atomic mass is 10.4. The van der Waals surface area contributed by atoms with Gasteiger partial charge in [0.1, 0.15) is 0 Å². The van der Waals surface area contributed by atoms with Crippen LogP contribution in [-0.2, 0) is 9.84 Å². The number of rotatable bonds is 2. The van der Waals surface area contributed by atoms with Gasteiger partial charge in [-0.15, -0.1) is 0 Å². The van der Waals surface area contributed by atoms with E-state index in [1.54, 1.807) is 54.6 Å². The van der Waals surface area contributed by atoms with Crippen molar-refractivity contribution in [3.8, 4) is 0 Å². The first-order valence-corrected chi connectivity index (χ1v) is 5.96. The summed E-state index contributed by atoms with van der Waals surface area (Å²) in [6, 6.07) is 17.5. The summed E-state index contributed by atoms with van der Waals surface area (Å²) in [7, 11) is -3.36. The largest absolute Gasteiger partial charge is 0.219 e. The van der Waals surface area contributed by atoms with E-state index < -0.39 is 9.84 Å². The van der Waals surface area contributed by atoms with Gasteiger partial charge in [-0.05, 0) is 30.3 Å². The maximum absolute atomic E-state index is 12.0. The summed E-state index contributed by atoms with van der Waals surface area (Å²) >= 11 is 0. The summed E-state index contributed by atoms with van der Waals surface area (Å²) < 4.78 is 24.0. The number of hydrogen-bond acceptors (Lipinski definition) is 2. The van der Waals surface area contributed by atoms with Gasteiger partial charge < -0.3 is 0 Å². The standard InChI is InChI=1S/C12H9O2S/c13-15(14,11-7-3-1-4-8-11)12-9-5-2-6-10-12/h1,3-10H. The van der Waals surface area contributed by atoms with E-state index in [0.717, 1.165) is 0 Å². The zero-order valence-electron chi connectivity index (χ0n) is 7.92. The first kappa shape index (κ1) is 9.93. The first-order valence-electron chi connectivity index (χ1n) is 4.47. The van der Waals surface area contributed by atoms with Gasteiger partial charge in [-0.3, -0.25) is 0 Å². The summed E-state index contributed by atoms with van der Waals surface area (Å²) in [5, 5.41) is 0. The lowest BCUT2D eigenvalue weighted by molar-refractivity contribution is 0.596. The van der Waals surface area contributed by atoms with Crippen LogP contribution in [0.1, 0.15) is 0 Å². The Kier molecular flexibility index (Phi) is 2.56. The van der Waals surface area contributed by atoms with Crippen molar-refractivity contribution < 1.29 is 8.42 Å². The Hall–Kier alpha value is -1.61. The number of benzene rings is 2. The van der Waals surface area contributed by atoms with Gasteiger partial charge in [-0.1, -0.05) is 30.3 Å². The molecule has 0 aliphatic heterocycles. The molecule has 0 aromatic heterocycles.